The summed E-state index contributed by atoms with van der Waals surface area (Å²) in [5.74, 6) is 7.09. The number of ether oxygens (including phenoxy) is 1. The molecule has 1 saturated carbocycles. The Labute approximate surface area is 200 Å². The van der Waals surface area contributed by atoms with Crippen molar-refractivity contribution in [2.75, 3.05) is 31.6 Å². The lowest BCUT2D eigenvalue weighted by atomic mass is 9.85. The van der Waals surface area contributed by atoms with E-state index in [9.17, 15) is 0 Å². The molecule has 0 bridgehead atoms. The van der Waals surface area contributed by atoms with Gasteiger partial charge in [-0.1, -0.05) is 13.3 Å². The summed E-state index contributed by atoms with van der Waals surface area (Å²) < 4.78 is 5.85. The normalized spacial score (nSPS) is 17.4. The van der Waals surface area contributed by atoms with E-state index in [1.165, 1.54) is 36.4 Å². The maximum Gasteiger partial charge on any atom is 0.321 e. The fraction of sp³-hybridized carbons (Fsp3) is 0.565. The number of nitrogens with zero attached hydrogens (tertiary/aromatic N) is 6. The van der Waals surface area contributed by atoms with Crippen LogP contribution in [0.25, 0.3) is 5.70 Å². The fourth-order valence-electron chi connectivity index (χ4n) is 4.24. The molecule has 0 amide bonds. The number of rotatable bonds is 8. The van der Waals surface area contributed by atoms with Crippen molar-refractivity contribution >= 4 is 23.0 Å². The minimum absolute atomic E-state index is 0.0836. The van der Waals surface area contributed by atoms with Crippen molar-refractivity contribution in [1.29, 1.82) is 0 Å². The SMILES string of the molecule is CCc1nc(/C(N)=C(\COc2nc(Cl)nc(C3CCC3)n2)N(C)N)ccc1N1CCCCC1. The molecule has 2 aliphatic rings. The van der Waals surface area contributed by atoms with Gasteiger partial charge in [-0.05, 0) is 62.3 Å². The second-order valence-corrected chi connectivity index (χ2v) is 9.03. The van der Waals surface area contributed by atoms with Crippen LogP contribution < -0.4 is 21.2 Å². The average Bonchev–Trinajstić information content (AvgIpc) is 2.77. The third-order valence-electron chi connectivity index (χ3n) is 6.41. The lowest BCUT2D eigenvalue weighted by Crippen LogP contribution is -2.32. The van der Waals surface area contributed by atoms with E-state index in [2.05, 4.69) is 32.8 Å². The Morgan fingerprint density at radius 2 is 1.88 bits per heavy atom. The fourth-order valence-corrected chi connectivity index (χ4v) is 4.40. The first-order valence-electron chi connectivity index (χ1n) is 11.7. The molecule has 178 valence electrons. The standard InChI is InChI=1S/C23H33ClN8O/c1-3-16-18(32-12-5-4-6-13-32)11-10-17(27-16)20(25)19(31(2)26)14-33-23-29-21(15-8-7-9-15)28-22(24)30-23/h10-11,15H,3-9,12-14,25-26H2,1-2H3/b20-19-. The van der Waals surface area contributed by atoms with Gasteiger partial charge in [0, 0.05) is 26.1 Å². The molecule has 1 aliphatic heterocycles. The molecule has 4 N–H and O–H groups in total. The van der Waals surface area contributed by atoms with Crippen LogP contribution >= 0.6 is 11.6 Å². The highest BCUT2D eigenvalue weighted by Crippen LogP contribution is 2.35. The van der Waals surface area contributed by atoms with Crippen molar-refractivity contribution in [1.82, 2.24) is 24.9 Å². The molecule has 0 radical (unpaired) electrons. The molecule has 0 unspecified atom stereocenters. The Balaban J connectivity index is 1.55. The molecule has 33 heavy (non-hydrogen) atoms. The van der Waals surface area contributed by atoms with Crippen LogP contribution in [0.3, 0.4) is 0 Å². The number of nitrogens with two attached hydrogens (primary N) is 2. The number of halogens is 1. The van der Waals surface area contributed by atoms with Gasteiger partial charge < -0.3 is 20.4 Å². The van der Waals surface area contributed by atoms with Gasteiger partial charge in [0.1, 0.15) is 12.4 Å². The van der Waals surface area contributed by atoms with Crippen LogP contribution in [-0.4, -0.2) is 51.7 Å². The van der Waals surface area contributed by atoms with Gasteiger partial charge in [-0.2, -0.15) is 9.97 Å². The average molecular weight is 473 g/mol. The monoisotopic (exact) mass is 472 g/mol. The van der Waals surface area contributed by atoms with Gasteiger partial charge in [0.2, 0.25) is 5.28 Å². The Hall–Kier alpha value is -2.65. The number of piperidine rings is 1. The van der Waals surface area contributed by atoms with Gasteiger partial charge in [0.15, 0.2) is 0 Å². The second kappa shape index (κ2) is 10.5. The molecule has 10 heteroatoms. The second-order valence-electron chi connectivity index (χ2n) is 8.70. The van der Waals surface area contributed by atoms with Gasteiger partial charge in [0.25, 0.3) is 0 Å². The van der Waals surface area contributed by atoms with E-state index in [1.807, 2.05) is 6.07 Å². The molecule has 2 aromatic rings. The molecule has 1 aliphatic carbocycles. The molecule has 4 rings (SSSR count). The topological polar surface area (TPSA) is 119 Å². The minimum atomic E-state index is 0.0836. The van der Waals surface area contributed by atoms with Gasteiger partial charge >= 0.3 is 6.01 Å². The number of aryl methyl sites for hydroxylation is 1. The van der Waals surface area contributed by atoms with Gasteiger partial charge in [0.05, 0.1) is 28.5 Å². The predicted octanol–water partition coefficient (Wildman–Crippen LogP) is 3.25. The van der Waals surface area contributed by atoms with Crippen LogP contribution in [0.1, 0.15) is 68.6 Å². The van der Waals surface area contributed by atoms with E-state index in [1.54, 1.807) is 7.05 Å². The Bertz CT molecular complexity index is 1000. The van der Waals surface area contributed by atoms with Crippen molar-refractivity contribution in [3.05, 3.63) is 40.3 Å². The number of likely N-dealkylation sites (N-methyl/N-ethyl adjacent to an activating group) is 1. The number of aromatic nitrogens is 4. The van der Waals surface area contributed by atoms with Crippen molar-refractivity contribution < 1.29 is 4.74 Å². The summed E-state index contributed by atoms with van der Waals surface area (Å²) in [5, 5.41) is 1.57. The molecular weight excluding hydrogens is 440 g/mol. The highest BCUT2D eigenvalue weighted by Gasteiger charge is 2.24. The van der Waals surface area contributed by atoms with E-state index in [0.29, 0.717) is 28.8 Å². The maximum absolute atomic E-state index is 6.52. The van der Waals surface area contributed by atoms with Gasteiger partial charge in [-0.25, -0.2) is 15.8 Å². The van der Waals surface area contributed by atoms with E-state index in [-0.39, 0.29) is 17.9 Å². The molecule has 0 aromatic carbocycles. The zero-order chi connectivity index (χ0) is 23.4. The Morgan fingerprint density at radius 3 is 2.52 bits per heavy atom. The first-order valence-corrected chi connectivity index (χ1v) is 12.1. The van der Waals surface area contributed by atoms with Crippen LogP contribution in [0, 0.1) is 0 Å². The third kappa shape index (κ3) is 5.47. The van der Waals surface area contributed by atoms with Crippen LogP contribution in [0.4, 0.5) is 5.69 Å². The maximum atomic E-state index is 6.52. The zero-order valence-electron chi connectivity index (χ0n) is 19.4. The summed E-state index contributed by atoms with van der Waals surface area (Å²) in [6.07, 6.45) is 7.84. The molecular formula is C23H33ClN8O. The lowest BCUT2D eigenvalue weighted by Gasteiger charge is -2.30. The van der Waals surface area contributed by atoms with E-state index >= 15 is 0 Å². The molecule has 0 atom stereocenters. The highest BCUT2D eigenvalue weighted by atomic mass is 35.5. The van der Waals surface area contributed by atoms with E-state index in [4.69, 9.17) is 32.9 Å². The number of hydrogen-bond donors (Lipinski definition) is 2. The van der Waals surface area contributed by atoms with E-state index < -0.39 is 0 Å². The Kier molecular flexibility index (Phi) is 7.49. The van der Waals surface area contributed by atoms with Crippen molar-refractivity contribution in [2.45, 2.75) is 57.8 Å². The molecule has 3 heterocycles. The van der Waals surface area contributed by atoms with Crippen molar-refractivity contribution in [3.8, 4) is 6.01 Å². The summed E-state index contributed by atoms with van der Waals surface area (Å²) >= 11 is 6.10. The summed E-state index contributed by atoms with van der Waals surface area (Å²) in [6, 6.07) is 4.24. The van der Waals surface area contributed by atoms with Gasteiger partial charge in [-0.15, -0.1) is 0 Å². The summed E-state index contributed by atoms with van der Waals surface area (Å²) in [5.41, 5.74) is 10.5. The van der Waals surface area contributed by atoms with Crippen molar-refractivity contribution in [2.24, 2.45) is 11.6 Å². The molecule has 0 spiro atoms. The van der Waals surface area contributed by atoms with Crippen LogP contribution in [0.5, 0.6) is 6.01 Å². The first-order chi connectivity index (χ1) is 16.0. The number of anilines is 1. The minimum Gasteiger partial charge on any atom is -0.457 e. The smallest absolute Gasteiger partial charge is 0.321 e. The predicted molar refractivity (Wildman–Crippen MR) is 130 cm³/mol. The summed E-state index contributed by atoms with van der Waals surface area (Å²) in [6.45, 7) is 4.34. The third-order valence-corrected chi connectivity index (χ3v) is 6.58. The number of hydrazine groups is 1. The molecule has 1 saturated heterocycles. The summed E-state index contributed by atoms with van der Waals surface area (Å²) in [7, 11) is 1.72. The van der Waals surface area contributed by atoms with Crippen molar-refractivity contribution in [3.63, 3.8) is 0 Å². The first kappa shape index (κ1) is 23.5. The zero-order valence-corrected chi connectivity index (χ0v) is 20.2. The summed E-state index contributed by atoms with van der Waals surface area (Å²) in [4.78, 5) is 20.1. The molecule has 2 fully saturated rings. The van der Waals surface area contributed by atoms with Crippen LogP contribution in [0.2, 0.25) is 5.28 Å². The Morgan fingerprint density at radius 1 is 1.12 bits per heavy atom. The largest absolute Gasteiger partial charge is 0.457 e. The van der Waals surface area contributed by atoms with E-state index in [0.717, 1.165) is 38.0 Å². The van der Waals surface area contributed by atoms with Gasteiger partial charge in [-0.3, -0.25) is 0 Å². The van der Waals surface area contributed by atoms with Crippen LogP contribution in [-0.2, 0) is 6.42 Å². The van der Waals surface area contributed by atoms with Crippen LogP contribution in [0.15, 0.2) is 17.8 Å². The number of hydrogen-bond acceptors (Lipinski definition) is 9. The highest BCUT2D eigenvalue weighted by molar-refractivity contribution is 6.28. The quantitative estimate of drug-likeness (QED) is 0.440. The molecule has 9 nitrogen and oxygen atoms in total. The molecule has 2 aromatic heterocycles. The number of pyridine rings is 1. The lowest BCUT2D eigenvalue weighted by molar-refractivity contribution is 0.273.